The van der Waals surface area contributed by atoms with Crippen molar-refractivity contribution >= 4 is 17.2 Å². The highest BCUT2D eigenvalue weighted by atomic mass is 32.1. The zero-order valence-corrected chi connectivity index (χ0v) is 19.8. The maximum absolute atomic E-state index is 14.2. The molecule has 2 atom stereocenters. The van der Waals surface area contributed by atoms with Gasteiger partial charge in [0.15, 0.2) is 0 Å². The molecule has 1 saturated carbocycles. The van der Waals surface area contributed by atoms with Crippen LogP contribution in [0, 0.1) is 28.9 Å². The molecule has 2 N–H and O–H groups in total. The second kappa shape index (κ2) is 10.00. The summed E-state index contributed by atoms with van der Waals surface area (Å²) in [4.78, 5) is 17.6. The highest BCUT2D eigenvalue weighted by Crippen LogP contribution is 2.35. The second-order valence-electron chi connectivity index (χ2n) is 9.08. The second-order valence-corrected chi connectivity index (χ2v) is 10.0. The molecule has 1 fully saturated rings. The van der Waals surface area contributed by atoms with Gasteiger partial charge < -0.3 is 5.32 Å². The van der Waals surface area contributed by atoms with Gasteiger partial charge in [0.05, 0.1) is 18.2 Å². The Hall–Kier alpha value is -3.15. The van der Waals surface area contributed by atoms with Crippen LogP contribution in [0.4, 0.5) is 8.78 Å². The molecule has 1 aliphatic rings. The minimum atomic E-state index is -0.744. The van der Waals surface area contributed by atoms with Crippen LogP contribution in [0.3, 0.4) is 0 Å². The molecule has 34 heavy (non-hydrogen) atoms. The summed E-state index contributed by atoms with van der Waals surface area (Å²) in [6.07, 6.45) is 3.64. The van der Waals surface area contributed by atoms with Crippen LogP contribution in [0.2, 0.25) is 0 Å². The Labute approximate surface area is 201 Å². The van der Waals surface area contributed by atoms with Crippen molar-refractivity contribution in [3.63, 3.8) is 0 Å². The molecule has 0 bridgehead atoms. The van der Waals surface area contributed by atoms with Crippen LogP contribution >= 0.6 is 11.3 Å². The summed E-state index contributed by atoms with van der Waals surface area (Å²) in [6, 6.07) is 12.1. The first kappa shape index (κ1) is 24.0. The number of nitrogens with one attached hydrogen (secondary N) is 2. The van der Waals surface area contributed by atoms with E-state index in [1.165, 1.54) is 23.5 Å². The number of benzene rings is 2. The molecule has 0 spiro atoms. The lowest BCUT2D eigenvalue weighted by atomic mass is 9.97. The predicted octanol–water partition coefficient (Wildman–Crippen LogP) is 5.35. The molecule has 4 rings (SSSR count). The smallest absolute Gasteiger partial charge is 0.238 e. The van der Waals surface area contributed by atoms with E-state index in [0.29, 0.717) is 30.4 Å². The number of aromatic nitrogens is 1. The standard InChI is InChI=1S/C26H26F2N4OS/c1-16(2)13-22(24(33)32-26(15-29)9-10-26)31-23(25-30-11-12-34-25)18-5-3-17(4-6-18)20-8-7-19(27)14-21(20)28/h3-8,11-12,14,16,22-23,31H,9-10,13H2,1-2H3,(H,32,33)/t22-,23-/m0/s1. The van der Waals surface area contributed by atoms with E-state index in [1.807, 2.05) is 31.4 Å². The molecule has 1 amide bonds. The maximum Gasteiger partial charge on any atom is 0.238 e. The van der Waals surface area contributed by atoms with Gasteiger partial charge in [0.1, 0.15) is 22.2 Å². The Morgan fingerprint density at radius 2 is 1.94 bits per heavy atom. The number of hydrogen-bond acceptors (Lipinski definition) is 5. The summed E-state index contributed by atoms with van der Waals surface area (Å²) in [7, 11) is 0. The van der Waals surface area contributed by atoms with Gasteiger partial charge in [-0.1, -0.05) is 38.1 Å². The van der Waals surface area contributed by atoms with E-state index in [9.17, 15) is 18.8 Å². The van der Waals surface area contributed by atoms with Gasteiger partial charge in [-0.25, -0.2) is 13.8 Å². The van der Waals surface area contributed by atoms with Crippen LogP contribution in [0.1, 0.15) is 49.7 Å². The summed E-state index contributed by atoms with van der Waals surface area (Å²) in [5.74, 6) is -1.19. The Morgan fingerprint density at radius 3 is 2.50 bits per heavy atom. The van der Waals surface area contributed by atoms with Crippen molar-refractivity contribution in [3.8, 4) is 17.2 Å². The van der Waals surface area contributed by atoms with Crippen LogP contribution in [-0.4, -0.2) is 22.5 Å². The van der Waals surface area contributed by atoms with Gasteiger partial charge in [-0.3, -0.25) is 10.1 Å². The summed E-state index contributed by atoms with van der Waals surface area (Å²) in [6.45, 7) is 4.09. The number of carbonyl (C=O) groups excluding carboxylic acids is 1. The lowest BCUT2D eigenvalue weighted by Crippen LogP contribution is -2.50. The first-order valence-electron chi connectivity index (χ1n) is 11.2. The molecule has 0 radical (unpaired) electrons. The van der Waals surface area contributed by atoms with E-state index in [0.717, 1.165) is 16.6 Å². The molecular weight excluding hydrogens is 454 g/mol. The van der Waals surface area contributed by atoms with Gasteiger partial charge in [-0.2, -0.15) is 5.26 Å². The van der Waals surface area contributed by atoms with Crippen molar-refractivity contribution < 1.29 is 13.6 Å². The van der Waals surface area contributed by atoms with Crippen molar-refractivity contribution in [2.24, 2.45) is 5.92 Å². The molecule has 0 saturated heterocycles. The Morgan fingerprint density at radius 1 is 1.21 bits per heavy atom. The van der Waals surface area contributed by atoms with Gasteiger partial charge in [-0.05, 0) is 48.4 Å². The van der Waals surface area contributed by atoms with Crippen molar-refractivity contribution in [2.45, 2.75) is 50.7 Å². The minimum Gasteiger partial charge on any atom is -0.336 e. The number of thiazole rings is 1. The third kappa shape index (κ3) is 5.49. The largest absolute Gasteiger partial charge is 0.336 e. The zero-order chi connectivity index (χ0) is 24.3. The maximum atomic E-state index is 14.2. The van der Waals surface area contributed by atoms with Crippen LogP contribution < -0.4 is 10.6 Å². The van der Waals surface area contributed by atoms with Crippen LogP contribution in [0.25, 0.3) is 11.1 Å². The third-order valence-corrected chi connectivity index (χ3v) is 6.74. The van der Waals surface area contributed by atoms with E-state index >= 15 is 0 Å². The normalized spacial score (nSPS) is 16.0. The van der Waals surface area contributed by atoms with Gasteiger partial charge >= 0.3 is 0 Å². The Kier molecular flexibility index (Phi) is 7.05. The summed E-state index contributed by atoms with van der Waals surface area (Å²) in [5.41, 5.74) is 1.06. The van der Waals surface area contributed by atoms with Gasteiger partial charge in [0.25, 0.3) is 0 Å². The number of carbonyl (C=O) groups is 1. The van der Waals surface area contributed by atoms with E-state index in [4.69, 9.17) is 0 Å². The molecule has 2 aromatic carbocycles. The molecule has 5 nitrogen and oxygen atoms in total. The average molecular weight is 481 g/mol. The quantitative estimate of drug-likeness (QED) is 0.433. The Bertz CT molecular complexity index is 1180. The number of nitriles is 1. The van der Waals surface area contributed by atoms with Crippen molar-refractivity contribution in [1.29, 1.82) is 5.26 Å². The van der Waals surface area contributed by atoms with E-state index in [-0.39, 0.29) is 17.9 Å². The van der Waals surface area contributed by atoms with Crippen molar-refractivity contribution in [1.82, 2.24) is 15.6 Å². The first-order valence-corrected chi connectivity index (χ1v) is 12.1. The Balaban J connectivity index is 1.61. The molecule has 1 heterocycles. The first-order chi connectivity index (χ1) is 16.3. The molecule has 8 heteroatoms. The lowest BCUT2D eigenvalue weighted by Gasteiger charge is -2.26. The fourth-order valence-corrected chi connectivity index (χ4v) is 4.62. The van der Waals surface area contributed by atoms with Crippen LogP contribution in [0.15, 0.2) is 54.0 Å². The molecule has 3 aromatic rings. The minimum absolute atomic E-state index is 0.195. The van der Waals surface area contributed by atoms with Crippen LogP contribution in [0.5, 0.6) is 0 Å². The lowest BCUT2D eigenvalue weighted by molar-refractivity contribution is -0.124. The third-order valence-electron chi connectivity index (χ3n) is 5.90. The topological polar surface area (TPSA) is 77.8 Å². The number of rotatable bonds is 9. The molecule has 0 aliphatic heterocycles. The summed E-state index contributed by atoms with van der Waals surface area (Å²) >= 11 is 1.47. The molecular formula is C26H26F2N4OS. The summed E-state index contributed by atoms with van der Waals surface area (Å²) < 4.78 is 27.5. The number of hydrogen-bond donors (Lipinski definition) is 2. The average Bonchev–Trinajstić information content (AvgIpc) is 3.36. The van der Waals surface area contributed by atoms with Gasteiger partial charge in [-0.15, -0.1) is 11.3 Å². The molecule has 176 valence electrons. The molecule has 0 unspecified atom stereocenters. The van der Waals surface area contributed by atoms with Gasteiger partial charge in [0, 0.05) is 23.2 Å². The monoisotopic (exact) mass is 480 g/mol. The highest BCUT2D eigenvalue weighted by Gasteiger charge is 2.45. The fourth-order valence-electron chi connectivity index (χ4n) is 3.90. The van der Waals surface area contributed by atoms with Crippen LogP contribution in [-0.2, 0) is 4.79 Å². The van der Waals surface area contributed by atoms with Gasteiger partial charge in [0.2, 0.25) is 5.91 Å². The van der Waals surface area contributed by atoms with Crippen molar-refractivity contribution in [3.05, 3.63) is 76.2 Å². The SMILES string of the molecule is CC(C)C[C@H](N[C@@H](c1ccc(-c2ccc(F)cc2F)cc1)c1nccs1)C(=O)NC1(C#N)CC1. The van der Waals surface area contributed by atoms with E-state index < -0.39 is 23.2 Å². The van der Waals surface area contributed by atoms with Crippen molar-refractivity contribution in [2.75, 3.05) is 0 Å². The predicted molar refractivity (Wildman–Crippen MR) is 128 cm³/mol. The van der Waals surface area contributed by atoms with E-state index in [2.05, 4.69) is 21.7 Å². The number of halogens is 2. The fraction of sp³-hybridized carbons (Fsp3) is 0.346. The number of nitrogens with zero attached hydrogens (tertiary/aromatic N) is 2. The highest BCUT2D eigenvalue weighted by molar-refractivity contribution is 7.09. The number of amides is 1. The zero-order valence-electron chi connectivity index (χ0n) is 19.0. The summed E-state index contributed by atoms with van der Waals surface area (Å²) in [5, 5.41) is 18.4. The van der Waals surface area contributed by atoms with E-state index in [1.54, 1.807) is 18.3 Å². The molecule has 1 aliphatic carbocycles. The molecule has 1 aromatic heterocycles.